The molecular weight excluding hydrogens is 492 g/mol. The number of anilines is 2. The van der Waals surface area contributed by atoms with Crippen LogP contribution >= 0.6 is 0 Å². The molecule has 1 aromatic rings. The van der Waals surface area contributed by atoms with Crippen LogP contribution in [0.2, 0.25) is 0 Å². The number of carbonyl (C=O) groups excluding carboxylic acids is 1. The van der Waals surface area contributed by atoms with Gasteiger partial charge < -0.3 is 15.3 Å². The molecule has 3 fully saturated rings. The fourth-order valence-corrected chi connectivity index (χ4v) is 8.10. The fourth-order valence-electron chi connectivity index (χ4n) is 6.40. The lowest BCUT2D eigenvalue weighted by molar-refractivity contribution is -0.133. The summed E-state index contributed by atoms with van der Waals surface area (Å²) in [6, 6.07) is 3.99. The summed E-state index contributed by atoms with van der Waals surface area (Å²) in [7, 11) is -7.86. The Morgan fingerprint density at radius 3 is 2.66 bits per heavy atom. The van der Waals surface area contributed by atoms with E-state index >= 15 is 0 Å². The van der Waals surface area contributed by atoms with Crippen molar-refractivity contribution in [1.29, 1.82) is 0 Å². The number of nitrogens with zero attached hydrogens (tertiary/aromatic N) is 2. The van der Waals surface area contributed by atoms with Gasteiger partial charge >= 0.3 is 0 Å². The molecule has 0 unspecified atom stereocenters. The first-order chi connectivity index (χ1) is 16.5. The third kappa shape index (κ3) is 3.90. The minimum atomic E-state index is -4.26. The van der Waals surface area contributed by atoms with Gasteiger partial charge in [0.1, 0.15) is 16.2 Å². The number of rotatable bonds is 6. The summed E-state index contributed by atoms with van der Waals surface area (Å²) in [5, 5.41) is 14.2. The topological polar surface area (TPSA) is 145 Å². The molecular formula is C23H28N4O6S2. The lowest BCUT2D eigenvalue weighted by Gasteiger charge is -2.44. The lowest BCUT2D eigenvalue weighted by atomic mass is 9.77. The van der Waals surface area contributed by atoms with Crippen LogP contribution < -0.4 is 10.0 Å². The van der Waals surface area contributed by atoms with Gasteiger partial charge in [-0.15, -0.1) is 4.40 Å². The van der Waals surface area contributed by atoms with Gasteiger partial charge in [-0.1, -0.05) is 12.8 Å². The molecule has 3 aliphatic carbocycles. The molecule has 10 nitrogen and oxygen atoms in total. The summed E-state index contributed by atoms with van der Waals surface area (Å²) < 4.78 is 55.4. The average Bonchev–Trinajstić information content (AvgIpc) is 3.36. The average molecular weight is 521 g/mol. The Labute approximate surface area is 204 Å². The zero-order valence-electron chi connectivity index (χ0n) is 19.3. The number of hydrogen-bond donors (Lipinski definition) is 3. The number of fused-ring (bicyclic) bond motifs is 6. The number of benzene rings is 1. The number of aliphatic hydroxyl groups is 1. The lowest BCUT2D eigenvalue weighted by Crippen LogP contribution is -2.54. The number of amides is 1. The highest BCUT2D eigenvalue weighted by molar-refractivity contribution is 7.92. The minimum absolute atomic E-state index is 0.0403. The molecule has 3 N–H and O–H groups in total. The Hall–Kier alpha value is -2.60. The summed E-state index contributed by atoms with van der Waals surface area (Å²) in [5.74, 6) is 0.455. The van der Waals surface area contributed by atoms with Crippen LogP contribution in [0, 0.1) is 23.7 Å². The number of carbonyl (C=O) groups is 1. The van der Waals surface area contributed by atoms with Crippen LogP contribution in [0.25, 0.3) is 0 Å². The van der Waals surface area contributed by atoms with Crippen LogP contribution in [0.5, 0.6) is 0 Å². The Balaban J connectivity index is 1.39. The predicted molar refractivity (Wildman–Crippen MR) is 130 cm³/mol. The molecule has 188 valence electrons. The molecule has 3 saturated carbocycles. The highest BCUT2D eigenvalue weighted by Gasteiger charge is 2.57. The van der Waals surface area contributed by atoms with Crippen molar-refractivity contribution < 1.29 is 26.7 Å². The quantitative estimate of drug-likeness (QED) is 0.522. The molecule has 5 aliphatic rings. The van der Waals surface area contributed by atoms with Crippen molar-refractivity contribution in [2.24, 2.45) is 28.1 Å². The van der Waals surface area contributed by atoms with Crippen molar-refractivity contribution in [2.45, 2.75) is 49.5 Å². The first-order valence-corrected chi connectivity index (χ1v) is 15.3. The van der Waals surface area contributed by atoms with Crippen molar-refractivity contribution in [3.05, 3.63) is 29.5 Å². The van der Waals surface area contributed by atoms with Gasteiger partial charge in [0.25, 0.3) is 15.9 Å². The number of sulfonamides is 2. The van der Waals surface area contributed by atoms with Crippen LogP contribution in [0.1, 0.15) is 38.5 Å². The van der Waals surface area contributed by atoms with Crippen molar-refractivity contribution in [3.63, 3.8) is 0 Å². The van der Waals surface area contributed by atoms with Gasteiger partial charge in [-0.25, -0.2) is 8.42 Å². The molecule has 6 rings (SSSR count). The van der Waals surface area contributed by atoms with Gasteiger partial charge in [0.05, 0.1) is 11.9 Å². The first kappa shape index (κ1) is 22.8. The normalized spacial score (nSPS) is 31.1. The van der Waals surface area contributed by atoms with Crippen molar-refractivity contribution in [2.75, 3.05) is 22.8 Å². The second kappa shape index (κ2) is 7.70. The van der Waals surface area contributed by atoms with Gasteiger partial charge in [-0.2, -0.15) is 8.42 Å². The maximum Gasteiger partial charge on any atom is 0.286 e. The van der Waals surface area contributed by atoms with E-state index in [1.807, 2.05) is 4.90 Å². The van der Waals surface area contributed by atoms with Crippen LogP contribution in [0.4, 0.5) is 11.4 Å². The molecule has 12 heteroatoms. The van der Waals surface area contributed by atoms with Crippen LogP contribution in [0.15, 0.2) is 38.8 Å². The van der Waals surface area contributed by atoms with Crippen LogP contribution in [-0.4, -0.2) is 57.4 Å². The Bertz CT molecular complexity index is 1400. The number of nitrogens with one attached hydrogen (secondary N) is 2. The molecule has 35 heavy (non-hydrogen) atoms. The summed E-state index contributed by atoms with van der Waals surface area (Å²) >= 11 is 0. The van der Waals surface area contributed by atoms with Crippen LogP contribution in [-0.2, 0) is 24.8 Å². The number of amidine groups is 1. The van der Waals surface area contributed by atoms with E-state index in [1.165, 1.54) is 31.0 Å². The molecule has 2 aliphatic heterocycles. The molecule has 0 spiro atoms. The monoisotopic (exact) mass is 520 g/mol. The molecule has 2 bridgehead atoms. The van der Waals surface area contributed by atoms with E-state index in [2.05, 4.69) is 14.4 Å². The number of hydrogen-bond acceptors (Lipinski definition) is 7. The van der Waals surface area contributed by atoms with Crippen molar-refractivity contribution in [1.82, 2.24) is 4.90 Å². The van der Waals surface area contributed by atoms with Gasteiger partial charge in [-0.3, -0.25) is 9.52 Å². The maximum atomic E-state index is 13.7. The molecule has 1 aromatic carbocycles. The van der Waals surface area contributed by atoms with E-state index < -0.39 is 20.0 Å². The van der Waals surface area contributed by atoms with Gasteiger partial charge in [0, 0.05) is 24.2 Å². The van der Waals surface area contributed by atoms with E-state index in [9.17, 15) is 26.7 Å². The van der Waals surface area contributed by atoms with E-state index in [0.717, 1.165) is 31.9 Å². The predicted octanol–water partition coefficient (Wildman–Crippen LogP) is 2.44. The summed E-state index contributed by atoms with van der Waals surface area (Å²) in [6.45, 7) is 0.599. The molecule has 2 heterocycles. The zero-order valence-corrected chi connectivity index (χ0v) is 20.9. The third-order valence-corrected chi connectivity index (χ3v) is 9.94. The Morgan fingerprint density at radius 1 is 1.20 bits per heavy atom. The standard InChI is InChI=1S/C23H28N4O6S2/c1-34(30,31)25-15-6-7-16-17(11-15)35(32,33)26-22(24-16)19-21(28)18-13-4-5-14(10-13)20(18)27(23(19)29)9-8-12-2-3-12/h6-7,11-14,18,20,25,28H,2-5,8-10H2,1H3,(H,24,26)/t13-,14-,18+,20-/m0/s1. The minimum Gasteiger partial charge on any atom is -0.511 e. The second-order valence-electron chi connectivity index (χ2n) is 10.5. The van der Waals surface area contributed by atoms with Crippen LogP contribution in [0.3, 0.4) is 0 Å². The Kier molecular flexibility index (Phi) is 5.02. The smallest absolute Gasteiger partial charge is 0.286 e. The Morgan fingerprint density at radius 2 is 1.94 bits per heavy atom. The van der Waals surface area contributed by atoms with E-state index in [0.29, 0.717) is 18.4 Å². The summed E-state index contributed by atoms with van der Waals surface area (Å²) in [5.41, 5.74) is 0.186. The fraction of sp³-hybridized carbons (Fsp3) is 0.565. The summed E-state index contributed by atoms with van der Waals surface area (Å²) in [6.07, 6.45) is 7.24. The molecule has 4 atom stereocenters. The van der Waals surface area contributed by atoms with E-state index in [-0.39, 0.29) is 57.2 Å². The first-order valence-electron chi connectivity index (χ1n) is 12.0. The van der Waals surface area contributed by atoms with Gasteiger partial charge in [0.2, 0.25) is 10.0 Å². The zero-order chi connectivity index (χ0) is 24.7. The second-order valence-corrected chi connectivity index (χ2v) is 13.8. The van der Waals surface area contributed by atoms with Crippen molar-refractivity contribution >= 4 is 43.2 Å². The van der Waals surface area contributed by atoms with Gasteiger partial charge in [0.15, 0.2) is 5.84 Å². The van der Waals surface area contributed by atoms with Gasteiger partial charge in [-0.05, 0) is 61.6 Å². The van der Waals surface area contributed by atoms with E-state index in [4.69, 9.17) is 0 Å². The van der Waals surface area contributed by atoms with E-state index in [1.54, 1.807) is 0 Å². The molecule has 0 saturated heterocycles. The molecule has 1 amide bonds. The molecule has 0 radical (unpaired) electrons. The molecule has 0 aromatic heterocycles. The maximum absolute atomic E-state index is 13.7. The highest BCUT2D eigenvalue weighted by Crippen LogP contribution is 2.55. The van der Waals surface area contributed by atoms with Crippen molar-refractivity contribution in [3.8, 4) is 0 Å². The third-order valence-electron chi connectivity index (χ3n) is 8.02. The largest absolute Gasteiger partial charge is 0.511 e. The summed E-state index contributed by atoms with van der Waals surface area (Å²) in [4.78, 5) is 15.4. The highest BCUT2D eigenvalue weighted by atomic mass is 32.2. The SMILES string of the molecule is CS(=O)(=O)Nc1ccc2c(c1)S(=O)(=O)N=C(C1=C(O)[C@@H]3[C@H]4CC[C@@H](C4)[C@@H]3N(CCC3CC3)C1=O)N2. The number of aliphatic hydroxyl groups excluding tert-OH is 1.